The number of thiazole rings is 1. The van der Waals surface area contributed by atoms with Gasteiger partial charge in [0.05, 0.1) is 11.3 Å². The number of nitrogens with zero attached hydrogens (tertiary/aromatic N) is 1. The molecule has 0 aliphatic heterocycles. The number of aromatic nitrogens is 1. The maximum absolute atomic E-state index is 12.0. The fourth-order valence-corrected chi connectivity index (χ4v) is 3.77. The molecule has 22 heavy (non-hydrogen) atoms. The van der Waals surface area contributed by atoms with Gasteiger partial charge in [0, 0.05) is 21.2 Å². The molecule has 0 amide bonds. The van der Waals surface area contributed by atoms with E-state index in [-0.39, 0.29) is 12.6 Å². The maximum Gasteiger partial charge on any atom is 0.338 e. The van der Waals surface area contributed by atoms with Crippen molar-refractivity contribution in [2.75, 3.05) is 6.26 Å². The van der Waals surface area contributed by atoms with Crippen molar-refractivity contribution < 1.29 is 9.53 Å². The smallest absolute Gasteiger partial charge is 0.338 e. The summed E-state index contributed by atoms with van der Waals surface area (Å²) in [7, 11) is 0. The number of carbonyl (C=O) groups is 1. The van der Waals surface area contributed by atoms with Crippen LogP contribution >= 0.6 is 34.4 Å². The first kappa shape index (κ1) is 15.3. The molecule has 1 aromatic carbocycles. The maximum atomic E-state index is 12.0. The molecule has 0 N–H and O–H groups in total. The van der Waals surface area contributed by atoms with E-state index in [2.05, 4.69) is 10.4 Å². The van der Waals surface area contributed by atoms with Gasteiger partial charge in [0.25, 0.3) is 0 Å². The zero-order chi connectivity index (χ0) is 15.4. The Labute approximate surface area is 141 Å². The molecule has 0 bridgehead atoms. The third-order valence-electron chi connectivity index (χ3n) is 3.00. The average molecular weight is 347 g/mol. The van der Waals surface area contributed by atoms with Crippen LogP contribution in [0.2, 0.25) is 0 Å². The van der Waals surface area contributed by atoms with E-state index in [4.69, 9.17) is 4.74 Å². The lowest BCUT2D eigenvalue weighted by Crippen LogP contribution is -2.05. The summed E-state index contributed by atoms with van der Waals surface area (Å²) in [4.78, 5) is 17.6. The minimum Gasteiger partial charge on any atom is -0.456 e. The van der Waals surface area contributed by atoms with E-state index in [0.29, 0.717) is 5.56 Å². The molecule has 0 fully saturated rings. The third-order valence-corrected chi connectivity index (χ3v) is 5.36. The van der Waals surface area contributed by atoms with Crippen LogP contribution in [0, 0.1) is 0 Å². The van der Waals surface area contributed by atoms with Gasteiger partial charge in [0.1, 0.15) is 11.6 Å². The highest BCUT2D eigenvalue weighted by Crippen LogP contribution is 2.26. The van der Waals surface area contributed by atoms with Gasteiger partial charge in [-0.2, -0.15) is 11.3 Å². The van der Waals surface area contributed by atoms with Gasteiger partial charge < -0.3 is 4.74 Å². The van der Waals surface area contributed by atoms with E-state index < -0.39 is 0 Å². The normalized spacial score (nSPS) is 10.6. The number of thiophene rings is 1. The highest BCUT2D eigenvalue weighted by Gasteiger charge is 2.10. The number of esters is 1. The molecule has 0 aliphatic rings. The predicted octanol–water partition coefficient (Wildman–Crippen LogP) is 4.95. The first-order valence-electron chi connectivity index (χ1n) is 6.54. The molecule has 6 heteroatoms. The topological polar surface area (TPSA) is 39.2 Å². The SMILES string of the molecule is CSc1ccc(C(=O)OCc2csc(-c3ccsc3)n2)cc1. The summed E-state index contributed by atoms with van der Waals surface area (Å²) in [6.07, 6.45) is 2.00. The van der Waals surface area contributed by atoms with E-state index in [1.54, 1.807) is 46.6 Å². The fourth-order valence-electron chi connectivity index (χ4n) is 1.84. The van der Waals surface area contributed by atoms with Crippen molar-refractivity contribution >= 4 is 40.4 Å². The lowest BCUT2D eigenvalue weighted by molar-refractivity contribution is 0.0468. The highest BCUT2D eigenvalue weighted by molar-refractivity contribution is 7.98. The Morgan fingerprint density at radius 3 is 2.73 bits per heavy atom. The van der Waals surface area contributed by atoms with E-state index in [0.717, 1.165) is 21.2 Å². The summed E-state index contributed by atoms with van der Waals surface area (Å²) in [5.74, 6) is -0.322. The molecule has 0 atom stereocenters. The Bertz CT molecular complexity index is 748. The summed E-state index contributed by atoms with van der Waals surface area (Å²) in [5.41, 5.74) is 2.45. The molecule has 0 spiro atoms. The second-order valence-corrected chi connectivity index (χ2v) is 6.98. The van der Waals surface area contributed by atoms with Gasteiger partial charge in [-0.15, -0.1) is 23.1 Å². The van der Waals surface area contributed by atoms with Crippen LogP contribution in [-0.2, 0) is 11.3 Å². The minimum atomic E-state index is -0.322. The Morgan fingerprint density at radius 2 is 2.05 bits per heavy atom. The molecular weight excluding hydrogens is 334 g/mol. The summed E-state index contributed by atoms with van der Waals surface area (Å²) >= 11 is 4.84. The quantitative estimate of drug-likeness (QED) is 0.483. The van der Waals surface area contributed by atoms with Gasteiger partial charge in [-0.25, -0.2) is 9.78 Å². The first-order valence-corrected chi connectivity index (χ1v) is 9.59. The molecule has 0 saturated carbocycles. The van der Waals surface area contributed by atoms with Gasteiger partial charge in [-0.05, 0) is 42.0 Å². The van der Waals surface area contributed by atoms with Gasteiger partial charge in [-0.3, -0.25) is 0 Å². The highest BCUT2D eigenvalue weighted by atomic mass is 32.2. The Balaban J connectivity index is 1.61. The first-order chi connectivity index (χ1) is 10.8. The van der Waals surface area contributed by atoms with Gasteiger partial charge in [0.2, 0.25) is 0 Å². The van der Waals surface area contributed by atoms with E-state index in [9.17, 15) is 4.79 Å². The fraction of sp³-hybridized carbons (Fsp3) is 0.125. The number of thioether (sulfide) groups is 1. The predicted molar refractivity (Wildman–Crippen MR) is 92.8 cm³/mol. The molecule has 0 saturated heterocycles. The molecule has 0 radical (unpaired) electrons. The third kappa shape index (κ3) is 3.58. The van der Waals surface area contributed by atoms with E-state index in [1.165, 1.54) is 0 Å². The lowest BCUT2D eigenvalue weighted by Gasteiger charge is -2.03. The number of benzene rings is 1. The minimum absolute atomic E-state index is 0.198. The molecular formula is C16H13NO2S3. The molecule has 3 nitrogen and oxygen atoms in total. The molecule has 2 heterocycles. The Kier molecular flexibility index (Phi) is 4.92. The van der Waals surface area contributed by atoms with Crippen molar-refractivity contribution in [3.8, 4) is 10.6 Å². The summed E-state index contributed by atoms with van der Waals surface area (Å²) in [6.45, 7) is 0.198. The van der Waals surface area contributed by atoms with Gasteiger partial charge >= 0.3 is 5.97 Å². The van der Waals surface area contributed by atoms with Crippen LogP contribution in [0.25, 0.3) is 10.6 Å². The molecule has 3 rings (SSSR count). The largest absolute Gasteiger partial charge is 0.456 e. The van der Waals surface area contributed by atoms with Crippen molar-refractivity contribution in [2.24, 2.45) is 0 Å². The average Bonchev–Trinajstić information content (AvgIpc) is 3.23. The summed E-state index contributed by atoms with van der Waals surface area (Å²) in [6, 6.07) is 9.43. The van der Waals surface area contributed by atoms with Crippen LogP contribution in [0.4, 0.5) is 0 Å². The number of hydrogen-bond donors (Lipinski definition) is 0. The lowest BCUT2D eigenvalue weighted by atomic mass is 10.2. The van der Waals surface area contributed by atoms with Crippen LogP contribution in [0.5, 0.6) is 0 Å². The summed E-state index contributed by atoms with van der Waals surface area (Å²) in [5, 5.41) is 6.96. The van der Waals surface area contributed by atoms with Crippen LogP contribution in [0.1, 0.15) is 16.1 Å². The molecule has 0 aliphatic carbocycles. The molecule has 2 aromatic heterocycles. The van der Waals surface area contributed by atoms with Crippen molar-refractivity contribution in [3.63, 3.8) is 0 Å². The van der Waals surface area contributed by atoms with Crippen molar-refractivity contribution in [2.45, 2.75) is 11.5 Å². The Morgan fingerprint density at radius 1 is 1.23 bits per heavy atom. The van der Waals surface area contributed by atoms with Gasteiger partial charge in [0.15, 0.2) is 0 Å². The second-order valence-electron chi connectivity index (χ2n) is 4.46. The number of ether oxygens (including phenoxy) is 1. The zero-order valence-corrected chi connectivity index (χ0v) is 14.3. The monoisotopic (exact) mass is 347 g/mol. The van der Waals surface area contributed by atoms with Crippen molar-refractivity contribution in [3.05, 3.63) is 57.7 Å². The summed E-state index contributed by atoms with van der Waals surface area (Å²) < 4.78 is 5.32. The number of hydrogen-bond acceptors (Lipinski definition) is 6. The number of carbonyl (C=O) groups excluding carboxylic acids is 1. The van der Waals surface area contributed by atoms with Crippen molar-refractivity contribution in [1.82, 2.24) is 4.98 Å². The van der Waals surface area contributed by atoms with E-state index in [1.807, 2.05) is 35.2 Å². The van der Waals surface area contributed by atoms with Crippen molar-refractivity contribution in [1.29, 1.82) is 0 Å². The zero-order valence-electron chi connectivity index (χ0n) is 11.8. The van der Waals surface area contributed by atoms with Crippen LogP contribution in [-0.4, -0.2) is 17.2 Å². The number of rotatable bonds is 5. The van der Waals surface area contributed by atoms with Crippen LogP contribution in [0.15, 0.2) is 51.4 Å². The second kappa shape index (κ2) is 7.09. The molecule has 3 aromatic rings. The Hall–Kier alpha value is -1.63. The van der Waals surface area contributed by atoms with Crippen LogP contribution in [0.3, 0.4) is 0 Å². The van der Waals surface area contributed by atoms with Gasteiger partial charge in [-0.1, -0.05) is 0 Å². The molecule has 112 valence electrons. The van der Waals surface area contributed by atoms with E-state index >= 15 is 0 Å². The standard InChI is InChI=1S/C16H13NO2S3/c1-20-14-4-2-11(3-5-14)16(18)19-8-13-10-22-15(17-13)12-6-7-21-9-12/h2-7,9-10H,8H2,1H3. The molecule has 0 unspecified atom stereocenters. The van der Waals surface area contributed by atoms with Crippen LogP contribution < -0.4 is 0 Å².